The lowest BCUT2D eigenvalue weighted by atomic mass is 10.2. The topological polar surface area (TPSA) is 62.7 Å². The summed E-state index contributed by atoms with van der Waals surface area (Å²) < 4.78 is 43.7. The molecule has 0 atom stereocenters. The minimum Gasteiger partial charge on any atom is -0.496 e. The van der Waals surface area contributed by atoms with Crippen molar-refractivity contribution in [2.45, 2.75) is 6.18 Å². The number of carbonyl (C=O) groups is 1. The van der Waals surface area contributed by atoms with Gasteiger partial charge in [-0.3, -0.25) is 4.79 Å². The van der Waals surface area contributed by atoms with E-state index in [0.717, 1.165) is 22.2 Å². The van der Waals surface area contributed by atoms with Gasteiger partial charge in [0.15, 0.2) is 0 Å². The first-order chi connectivity index (χ1) is 12.3. The summed E-state index contributed by atoms with van der Waals surface area (Å²) in [7, 11) is 1.55. The zero-order valence-corrected chi connectivity index (χ0v) is 15.2. The molecular weight excluding hydrogens is 415 g/mol. The Balaban J connectivity index is 1.87. The Morgan fingerprint density at radius 2 is 2.04 bits per heavy atom. The van der Waals surface area contributed by atoms with Gasteiger partial charge in [-0.2, -0.15) is 18.3 Å². The molecule has 0 aliphatic carbocycles. The molecule has 9 heteroatoms. The van der Waals surface area contributed by atoms with E-state index < -0.39 is 17.6 Å². The number of anilines is 1. The number of ether oxygens (including phenoxy) is 1. The van der Waals surface area contributed by atoms with Gasteiger partial charge in [0, 0.05) is 5.69 Å². The predicted octanol–water partition coefficient (Wildman–Crippen LogP) is 4.04. The second kappa shape index (κ2) is 8.70. The molecule has 0 saturated carbocycles. The third-order valence-electron chi connectivity index (χ3n) is 3.22. The Labute approximate surface area is 156 Å². The van der Waals surface area contributed by atoms with Crippen LogP contribution in [-0.4, -0.2) is 25.8 Å². The van der Waals surface area contributed by atoms with Crippen LogP contribution in [0.5, 0.6) is 5.75 Å². The fourth-order valence-corrected chi connectivity index (χ4v) is 2.53. The van der Waals surface area contributed by atoms with Crippen molar-refractivity contribution in [1.29, 1.82) is 0 Å². The van der Waals surface area contributed by atoms with E-state index in [1.165, 1.54) is 18.3 Å². The van der Waals surface area contributed by atoms with Crippen LogP contribution in [0.2, 0.25) is 0 Å². The van der Waals surface area contributed by atoms with Crippen LogP contribution in [0.4, 0.5) is 18.9 Å². The number of nitrogens with one attached hydrogen (secondary N) is 2. The van der Waals surface area contributed by atoms with Crippen molar-refractivity contribution in [3.05, 3.63) is 58.1 Å². The first-order valence-corrected chi connectivity index (χ1v) is 8.15. The normalized spacial score (nSPS) is 11.4. The number of benzene rings is 2. The van der Waals surface area contributed by atoms with Crippen LogP contribution in [0.25, 0.3) is 0 Å². The molecule has 0 bridgehead atoms. The molecule has 2 N–H and O–H groups in total. The molecule has 138 valence electrons. The van der Waals surface area contributed by atoms with Crippen molar-refractivity contribution in [2.24, 2.45) is 5.10 Å². The number of rotatable bonds is 6. The van der Waals surface area contributed by atoms with E-state index in [1.807, 2.05) is 0 Å². The molecule has 0 radical (unpaired) electrons. The van der Waals surface area contributed by atoms with E-state index in [0.29, 0.717) is 5.75 Å². The summed E-state index contributed by atoms with van der Waals surface area (Å²) in [6.07, 6.45) is -3.00. The average molecular weight is 430 g/mol. The Morgan fingerprint density at radius 3 is 2.69 bits per heavy atom. The predicted molar refractivity (Wildman–Crippen MR) is 96.4 cm³/mol. The highest BCUT2D eigenvalue weighted by Crippen LogP contribution is 2.30. The van der Waals surface area contributed by atoms with Crippen LogP contribution in [0, 0.1) is 0 Å². The van der Waals surface area contributed by atoms with Gasteiger partial charge in [-0.1, -0.05) is 6.07 Å². The minimum absolute atomic E-state index is 0.193. The third kappa shape index (κ3) is 5.76. The van der Waals surface area contributed by atoms with Crippen LogP contribution in [-0.2, 0) is 11.0 Å². The van der Waals surface area contributed by atoms with Crippen LogP contribution >= 0.6 is 15.9 Å². The fourth-order valence-electron chi connectivity index (χ4n) is 1.97. The maximum atomic E-state index is 12.6. The summed E-state index contributed by atoms with van der Waals surface area (Å²) >= 11 is 3.33. The van der Waals surface area contributed by atoms with Gasteiger partial charge in [0.05, 0.1) is 29.9 Å². The first-order valence-electron chi connectivity index (χ1n) is 7.36. The smallest absolute Gasteiger partial charge is 0.416 e. The number of hydrazone groups is 1. The highest BCUT2D eigenvalue weighted by molar-refractivity contribution is 9.10. The molecule has 26 heavy (non-hydrogen) atoms. The van der Waals surface area contributed by atoms with Gasteiger partial charge in [0.1, 0.15) is 5.75 Å². The summed E-state index contributed by atoms with van der Waals surface area (Å²) in [5, 5.41) is 6.42. The number of carbonyl (C=O) groups excluding carboxylic acids is 1. The molecule has 0 aromatic heterocycles. The maximum absolute atomic E-state index is 12.6. The van der Waals surface area contributed by atoms with Gasteiger partial charge in [-0.15, -0.1) is 0 Å². The maximum Gasteiger partial charge on any atom is 0.416 e. The lowest BCUT2D eigenvalue weighted by Crippen LogP contribution is -2.26. The molecule has 0 fully saturated rings. The molecule has 1 amide bonds. The molecule has 0 saturated heterocycles. The summed E-state index contributed by atoms with van der Waals surface area (Å²) in [5.41, 5.74) is 2.43. The van der Waals surface area contributed by atoms with Crippen LogP contribution in [0.15, 0.2) is 52.0 Å². The SMILES string of the molecule is COc1ccc(/C=N\NC(=O)CNc2cccc(C(F)(F)F)c2)cc1Br. The second-order valence-electron chi connectivity index (χ2n) is 5.12. The Morgan fingerprint density at radius 1 is 1.27 bits per heavy atom. The number of amides is 1. The molecule has 0 aliphatic heterocycles. The number of nitrogens with zero attached hydrogens (tertiary/aromatic N) is 1. The minimum atomic E-state index is -4.43. The van der Waals surface area contributed by atoms with Crippen molar-refractivity contribution in [3.63, 3.8) is 0 Å². The first kappa shape index (κ1) is 19.8. The zero-order valence-electron chi connectivity index (χ0n) is 13.6. The van der Waals surface area contributed by atoms with E-state index >= 15 is 0 Å². The van der Waals surface area contributed by atoms with Crippen LogP contribution < -0.4 is 15.5 Å². The Bertz CT molecular complexity index is 810. The lowest BCUT2D eigenvalue weighted by Gasteiger charge is -2.10. The van der Waals surface area contributed by atoms with Gasteiger partial charge in [-0.05, 0) is 57.9 Å². The van der Waals surface area contributed by atoms with E-state index in [4.69, 9.17) is 4.74 Å². The van der Waals surface area contributed by atoms with E-state index in [9.17, 15) is 18.0 Å². The van der Waals surface area contributed by atoms with Gasteiger partial charge >= 0.3 is 6.18 Å². The molecular formula is C17H15BrF3N3O2. The Hall–Kier alpha value is -2.55. The van der Waals surface area contributed by atoms with Crippen molar-refractivity contribution < 1.29 is 22.7 Å². The van der Waals surface area contributed by atoms with Gasteiger partial charge in [0.25, 0.3) is 5.91 Å². The molecule has 0 spiro atoms. The highest BCUT2D eigenvalue weighted by atomic mass is 79.9. The van der Waals surface area contributed by atoms with Crippen LogP contribution in [0.3, 0.4) is 0 Å². The second-order valence-corrected chi connectivity index (χ2v) is 5.97. The lowest BCUT2D eigenvalue weighted by molar-refractivity contribution is -0.137. The van der Waals surface area contributed by atoms with Gasteiger partial charge < -0.3 is 10.1 Å². The summed E-state index contributed by atoms with van der Waals surface area (Å²) in [6.45, 7) is -0.217. The number of halogens is 4. The number of hydrogen-bond donors (Lipinski definition) is 2. The number of hydrogen-bond acceptors (Lipinski definition) is 4. The molecule has 2 aromatic carbocycles. The van der Waals surface area contributed by atoms with Gasteiger partial charge in [0.2, 0.25) is 0 Å². The van der Waals surface area contributed by atoms with Gasteiger partial charge in [-0.25, -0.2) is 5.43 Å². The average Bonchev–Trinajstić information content (AvgIpc) is 2.60. The van der Waals surface area contributed by atoms with Crippen molar-refractivity contribution >= 4 is 33.7 Å². The molecule has 2 aromatic rings. The van der Waals surface area contributed by atoms with E-state index in [-0.39, 0.29) is 12.2 Å². The quantitative estimate of drug-likeness (QED) is 0.537. The van der Waals surface area contributed by atoms with Crippen molar-refractivity contribution in [3.8, 4) is 5.75 Å². The fraction of sp³-hybridized carbons (Fsp3) is 0.176. The summed E-state index contributed by atoms with van der Waals surface area (Å²) in [6, 6.07) is 9.86. The third-order valence-corrected chi connectivity index (χ3v) is 3.84. The zero-order chi connectivity index (χ0) is 19.2. The summed E-state index contributed by atoms with van der Waals surface area (Å²) in [4.78, 5) is 11.7. The van der Waals surface area contributed by atoms with Crippen LogP contribution in [0.1, 0.15) is 11.1 Å². The van der Waals surface area contributed by atoms with E-state index in [1.54, 1.807) is 25.3 Å². The monoisotopic (exact) mass is 429 g/mol. The molecule has 0 heterocycles. The molecule has 0 unspecified atom stereocenters. The van der Waals surface area contributed by atoms with E-state index in [2.05, 4.69) is 31.8 Å². The number of methoxy groups -OCH3 is 1. The summed E-state index contributed by atoms with van der Waals surface area (Å²) in [5.74, 6) is 0.169. The standard InChI is InChI=1S/C17H15BrF3N3O2/c1-26-15-6-5-11(7-14(15)18)9-23-24-16(25)10-22-13-4-2-3-12(8-13)17(19,20)21/h2-9,22H,10H2,1H3,(H,24,25)/b23-9-. The molecule has 0 aliphatic rings. The van der Waals surface area contributed by atoms with Crippen molar-refractivity contribution in [1.82, 2.24) is 5.43 Å². The largest absolute Gasteiger partial charge is 0.496 e. The Kier molecular flexibility index (Phi) is 6.62. The van der Waals surface area contributed by atoms with Crippen molar-refractivity contribution in [2.75, 3.05) is 19.0 Å². The molecule has 2 rings (SSSR count). The highest BCUT2D eigenvalue weighted by Gasteiger charge is 2.30. The molecule has 5 nitrogen and oxygen atoms in total. The number of alkyl halides is 3.